The molecule has 146 heavy (non-hydrogen) atoms. The topological polar surface area (TPSA) is 281 Å². The average molecular weight is 2050 g/mol. The highest BCUT2D eigenvalue weighted by atomic mass is 35.5. The molecule has 24 aliphatic carbocycles. The average Bonchev–Trinajstić information content (AvgIpc) is 1.51. The number of aliphatic hydroxyl groups excluding tert-OH is 8. The number of rotatable bonds is 12. The number of halogens is 1. The molecule has 24 fully saturated rings. The molecular weight excluding hydrogens is 1840 g/mol. The van der Waals surface area contributed by atoms with Crippen LogP contribution in [0.4, 0.5) is 0 Å². The Morgan fingerprint density at radius 2 is 0.527 bits per heavy atom. The van der Waals surface area contributed by atoms with Crippen LogP contribution < -0.4 is 0 Å². The first kappa shape index (κ1) is 112. The van der Waals surface area contributed by atoms with E-state index >= 15 is 0 Å². The first-order valence-corrected chi connectivity index (χ1v) is 63.0. The van der Waals surface area contributed by atoms with Crippen LogP contribution in [0.5, 0.6) is 0 Å². The van der Waals surface area contributed by atoms with Crippen molar-refractivity contribution in [2.24, 2.45) is 243 Å². The second-order valence-corrected chi connectivity index (χ2v) is 59.3. The van der Waals surface area contributed by atoms with Crippen LogP contribution in [0.2, 0.25) is 0 Å². The molecule has 24 saturated carbocycles. The molecule has 0 saturated heterocycles. The molecule has 0 bridgehead atoms. The van der Waals surface area contributed by atoms with Gasteiger partial charge in [0.15, 0.2) is 0 Å². The monoisotopic (exact) mass is 2040 g/mol. The van der Waals surface area contributed by atoms with Gasteiger partial charge in [-0.2, -0.15) is 0 Å². The number of hydrogen-bond donors (Lipinski definition) is 8. The summed E-state index contributed by atoms with van der Waals surface area (Å²) in [6.07, 6.45) is 63.0. The summed E-state index contributed by atoms with van der Waals surface area (Å²) in [4.78, 5) is 89.0. The fourth-order valence-electron chi connectivity index (χ4n) is 48.7. The Kier molecular flexibility index (Phi) is 32.4. The van der Waals surface area contributed by atoms with E-state index in [4.69, 9.17) is 11.6 Å². The van der Waals surface area contributed by atoms with Crippen molar-refractivity contribution >= 4 is 52.1 Å². The molecule has 824 valence electrons. The van der Waals surface area contributed by atoms with E-state index in [2.05, 4.69) is 61.1 Å². The van der Waals surface area contributed by atoms with E-state index in [1.807, 2.05) is 27.7 Å². The molecule has 8 N–H and O–H groups in total. The molecule has 0 heterocycles. The summed E-state index contributed by atoms with van der Waals surface area (Å²) in [5, 5.41) is 81.1. The fourth-order valence-corrected chi connectivity index (χ4v) is 49.2. The third kappa shape index (κ3) is 17.6. The van der Waals surface area contributed by atoms with Crippen molar-refractivity contribution in [3.63, 3.8) is 0 Å². The zero-order valence-corrected chi connectivity index (χ0v) is 95.0. The normalized spacial score (nSPS) is 53.4. The second-order valence-electron chi connectivity index (χ2n) is 59.0. The maximum absolute atomic E-state index is 12.9. The van der Waals surface area contributed by atoms with Gasteiger partial charge in [-0.1, -0.05) is 61.0 Å². The third-order valence-corrected chi connectivity index (χ3v) is 56.1. The molecule has 0 amide bonds. The summed E-state index contributed by atoms with van der Waals surface area (Å²) in [6, 6.07) is 0. The Labute approximate surface area is 888 Å². The number of Topliss-reactive ketones (excluding diaryl/α,β-unsaturated/α-hetero) is 7. The van der Waals surface area contributed by atoms with Gasteiger partial charge in [0.2, 0.25) is 0 Å². The predicted octanol–water partition coefficient (Wildman–Crippen LogP) is 26.2. The minimum absolute atomic E-state index is 0.0211. The molecule has 0 aromatic rings. The number of alkyl halides is 1. The Morgan fingerprint density at radius 1 is 0.288 bits per heavy atom. The molecule has 0 spiro atoms. The maximum atomic E-state index is 12.9. The molecule has 49 atom stereocenters. The SMILES string of the molecule is C=C[C@H]1CC[C@H]2[C@@H]3CC[C@H]4C[C@H](O)CC[C@]4(C)[C@H]3CC[C@]12C(C)=O.CC(=O)[C@H]1CC[C@H]2[C@@H]3CC[C@H]4C[C@H](O)CC[C@]4(C)[C@H]3CC[C@]12C(C)=O.CC(=O)[C@]12CC[C@H]3[C@@H](CC[C@H]4C[C@H](O)CC[C@@]43C)[C@@H]1CC[C@@H]2C(C)O.CC(=O)[C@]12CC[C@H]3[C@@H](CC[C@H]4C[C@H](O)CC[C@@]43C)[C@@H]1CC[C@@H]2CCl.CC(=O)[C@]12CC[C@H]3[C@@H](CC[C@H]4C[C@H](O)CC[C@@]43C)[C@@H]1CC[C@@H]2CO.CC[C@H]1CC[C@H]2[C@@H]3CC[C@H]4C[C@H](O)CC[C@]4(C)[C@H]3CC[C@]12C(C)=O. The minimum atomic E-state index is -0.373. The van der Waals surface area contributed by atoms with Gasteiger partial charge < -0.3 is 40.9 Å². The zero-order valence-electron chi connectivity index (χ0n) is 94.3. The van der Waals surface area contributed by atoms with Crippen molar-refractivity contribution in [3.05, 3.63) is 12.7 Å². The first-order chi connectivity index (χ1) is 69.3. The molecule has 0 aromatic heterocycles. The summed E-state index contributed by atoms with van der Waals surface area (Å²) in [6.45, 7) is 36.0. The minimum Gasteiger partial charge on any atom is -0.396 e. The third-order valence-electron chi connectivity index (χ3n) is 55.7. The van der Waals surface area contributed by atoms with E-state index < -0.39 is 0 Å². The van der Waals surface area contributed by atoms with Crippen molar-refractivity contribution in [3.8, 4) is 0 Å². The van der Waals surface area contributed by atoms with Gasteiger partial charge in [0.05, 0.1) is 42.7 Å². The van der Waals surface area contributed by atoms with Gasteiger partial charge in [-0.25, -0.2) is 0 Å². The van der Waals surface area contributed by atoms with Crippen molar-refractivity contribution in [2.75, 3.05) is 12.5 Å². The lowest BCUT2D eigenvalue weighted by Crippen LogP contribution is -2.56. The van der Waals surface area contributed by atoms with Crippen LogP contribution in [0.1, 0.15) is 457 Å². The van der Waals surface area contributed by atoms with Crippen LogP contribution in [0.15, 0.2) is 12.7 Å². The van der Waals surface area contributed by atoms with Crippen LogP contribution >= 0.6 is 11.6 Å². The van der Waals surface area contributed by atoms with Gasteiger partial charge in [0, 0.05) is 50.9 Å². The Morgan fingerprint density at radius 3 is 0.808 bits per heavy atom. The van der Waals surface area contributed by atoms with Crippen LogP contribution in [0.25, 0.3) is 0 Å². The number of carbonyl (C=O) groups excluding carboxylic acids is 7. The molecule has 0 aliphatic heterocycles. The van der Waals surface area contributed by atoms with Gasteiger partial charge in [-0.3, -0.25) is 33.6 Å². The standard InChI is InChI=1S/C22H36O3.C22H34O3.C22H36O2.C22H34O2.C21H33ClO2.C21H34O3/c2*1-13(23)18-6-7-20-17-5-4-15-12-16(25)8-10-21(15,3)19(17)9-11-22(18,20)14(2)24;2*1-4-15-6-8-20-18-7-5-16-13-17(24)9-11-21(16,3)19(18)10-12-22(15,20)14(2)23;2*1-13(23)21-10-8-18-17(19(21)6-4-15(21)12-22)5-3-14-11-16(24)7-9-20(14,18)2/h13,15-20,23,25H,4-12H2,1-3H3;15-20,25H,4-12H2,1-3H3;15-20,24H,4-13H2,1-3H3;4,15-20,24H,1,5-13H2,2-3H3;14-19,24H,3-12H2,1-2H3;14-19,22,24H,3-12H2,1-2H3/t13?,15-,16+,17+,18+,19-,20-,21-,22-;15-,16+,17+,18+,19-,20-,21-,22-;2*15-,16-,17+,18+,19-,20-,21-,22-;2*14-,15+,16+,17+,18-,19-,20-,21-/m000000/s1. The van der Waals surface area contributed by atoms with E-state index in [-0.39, 0.29) is 111 Å². The second kappa shape index (κ2) is 42.3. The van der Waals surface area contributed by atoms with E-state index in [1.165, 1.54) is 148 Å². The molecule has 15 nitrogen and oxygen atoms in total. The Hall–Kier alpha value is -2.60. The van der Waals surface area contributed by atoms with Crippen molar-refractivity contribution < 1.29 is 74.4 Å². The molecule has 0 aromatic carbocycles. The van der Waals surface area contributed by atoms with Crippen LogP contribution in [0, 0.1) is 243 Å². The summed E-state index contributed by atoms with van der Waals surface area (Å²) < 4.78 is 0. The maximum Gasteiger partial charge on any atom is 0.136 e. The first-order valence-electron chi connectivity index (χ1n) is 62.5. The van der Waals surface area contributed by atoms with Gasteiger partial charge in [0.25, 0.3) is 0 Å². The summed E-state index contributed by atoms with van der Waals surface area (Å²) in [7, 11) is 0. The van der Waals surface area contributed by atoms with Crippen LogP contribution in [-0.4, -0.2) is 137 Å². The van der Waals surface area contributed by atoms with Crippen molar-refractivity contribution in [1.29, 1.82) is 0 Å². The number of allylic oxidation sites excluding steroid dienone is 1. The number of aliphatic hydroxyl groups is 8. The summed E-state index contributed by atoms with van der Waals surface area (Å²) in [5.74, 6) is 20.8. The molecular formula is C130H207ClO15. The Balaban J connectivity index is 0.000000111. The molecule has 16 heteroatoms. The fraction of sp³-hybridized carbons (Fsp3) is 0.931. The smallest absolute Gasteiger partial charge is 0.136 e. The van der Waals surface area contributed by atoms with Gasteiger partial charge in [-0.05, 0) is 606 Å². The summed E-state index contributed by atoms with van der Waals surface area (Å²) >= 11 is 6.31. The van der Waals surface area contributed by atoms with Gasteiger partial charge in [0.1, 0.15) is 40.5 Å². The molecule has 24 rings (SSSR count). The quantitative estimate of drug-likeness (QED) is 0.0666. The van der Waals surface area contributed by atoms with Crippen molar-refractivity contribution in [2.45, 2.75) is 500 Å². The number of fused-ring (bicyclic) bond motifs is 30. The highest BCUT2D eigenvalue weighted by Crippen LogP contribution is 2.77. The van der Waals surface area contributed by atoms with E-state index in [9.17, 15) is 74.4 Å². The van der Waals surface area contributed by atoms with E-state index in [0.717, 1.165) is 247 Å². The number of hydrogen-bond acceptors (Lipinski definition) is 15. The highest BCUT2D eigenvalue weighted by molar-refractivity contribution is 6.18. The Bertz CT molecular complexity index is 4480. The van der Waals surface area contributed by atoms with Gasteiger partial charge in [-0.15, -0.1) is 18.2 Å². The number of ketones is 7. The van der Waals surface area contributed by atoms with Crippen molar-refractivity contribution in [1.82, 2.24) is 0 Å². The predicted molar refractivity (Wildman–Crippen MR) is 578 cm³/mol. The molecule has 1 unspecified atom stereocenters. The van der Waals surface area contributed by atoms with Crippen LogP contribution in [0.3, 0.4) is 0 Å². The van der Waals surface area contributed by atoms with Crippen LogP contribution in [-0.2, 0) is 33.6 Å². The summed E-state index contributed by atoms with van der Waals surface area (Å²) in [5.41, 5.74) is 1.24. The lowest BCUT2D eigenvalue weighted by molar-refractivity contribution is -0.158. The lowest BCUT2D eigenvalue weighted by Gasteiger charge is -2.61. The highest BCUT2D eigenvalue weighted by Gasteiger charge is 2.72. The van der Waals surface area contributed by atoms with Gasteiger partial charge >= 0.3 is 0 Å². The zero-order chi connectivity index (χ0) is 104. The lowest BCUT2D eigenvalue weighted by atomic mass is 9.44. The van der Waals surface area contributed by atoms with E-state index in [0.29, 0.717) is 186 Å². The largest absolute Gasteiger partial charge is 0.396 e. The van der Waals surface area contributed by atoms with E-state index in [1.54, 1.807) is 27.7 Å². The number of carbonyl (C=O) groups is 7. The molecule has 24 aliphatic rings. The molecule has 0 radical (unpaired) electrons.